The first-order valence-electron chi connectivity index (χ1n) is 7.64. The Hall–Kier alpha value is -2.04. The number of hydrogen-bond donors (Lipinski definition) is 3. The molecule has 0 bridgehead atoms. The highest BCUT2D eigenvalue weighted by Gasteiger charge is 2.27. The van der Waals surface area contributed by atoms with Crippen LogP contribution in [0.25, 0.3) is 11.0 Å². The van der Waals surface area contributed by atoms with E-state index in [4.69, 9.17) is 0 Å². The number of piperidine rings is 1. The third-order valence-corrected chi connectivity index (χ3v) is 5.76. The number of aromatic nitrogens is 3. The van der Waals surface area contributed by atoms with Crippen molar-refractivity contribution in [1.82, 2.24) is 24.6 Å². The molecular formula is C14H19N5O4S. The summed E-state index contributed by atoms with van der Waals surface area (Å²) >= 11 is 0. The summed E-state index contributed by atoms with van der Waals surface area (Å²) in [5.41, 5.74) is -1.13. The molecule has 24 heavy (non-hydrogen) atoms. The SMILES string of the molecule is CC1NCCCC1NS(=O)(=O)c1cnc2c(c1)c(=O)[nH]c(=O)n2C. The van der Waals surface area contributed by atoms with Crippen molar-refractivity contribution in [2.75, 3.05) is 6.54 Å². The largest absolute Gasteiger partial charge is 0.329 e. The van der Waals surface area contributed by atoms with Gasteiger partial charge in [0, 0.05) is 25.3 Å². The lowest BCUT2D eigenvalue weighted by molar-refractivity contribution is 0.349. The zero-order valence-corrected chi connectivity index (χ0v) is 14.2. The minimum absolute atomic E-state index is 0.0196. The number of H-pyrrole nitrogens is 1. The summed E-state index contributed by atoms with van der Waals surface area (Å²) in [6.07, 6.45) is 2.78. The molecule has 0 amide bonds. The first-order valence-corrected chi connectivity index (χ1v) is 9.13. The maximum Gasteiger partial charge on any atom is 0.329 e. The van der Waals surface area contributed by atoms with E-state index in [-0.39, 0.29) is 28.0 Å². The Morgan fingerprint density at radius 1 is 1.38 bits per heavy atom. The van der Waals surface area contributed by atoms with E-state index in [9.17, 15) is 18.0 Å². The third-order valence-electron chi connectivity index (χ3n) is 4.31. The molecule has 2 atom stereocenters. The molecular weight excluding hydrogens is 334 g/mol. The lowest BCUT2D eigenvalue weighted by Crippen LogP contribution is -2.51. The molecule has 9 nitrogen and oxygen atoms in total. The Balaban J connectivity index is 2.02. The van der Waals surface area contributed by atoms with E-state index in [1.165, 1.54) is 13.1 Å². The van der Waals surface area contributed by atoms with Gasteiger partial charge in [-0.3, -0.25) is 14.3 Å². The summed E-state index contributed by atoms with van der Waals surface area (Å²) in [6.45, 7) is 2.78. The second-order valence-corrected chi connectivity index (χ2v) is 7.69. The molecule has 130 valence electrons. The molecule has 1 fully saturated rings. The van der Waals surface area contributed by atoms with Gasteiger partial charge in [0.05, 0.1) is 5.39 Å². The maximum atomic E-state index is 12.6. The molecule has 2 aromatic heterocycles. The zero-order chi connectivity index (χ0) is 17.5. The fourth-order valence-corrected chi connectivity index (χ4v) is 4.16. The van der Waals surface area contributed by atoms with Crippen LogP contribution in [0.4, 0.5) is 0 Å². The van der Waals surface area contributed by atoms with Crippen molar-refractivity contribution in [1.29, 1.82) is 0 Å². The number of aromatic amines is 1. The quantitative estimate of drug-likeness (QED) is 0.652. The topological polar surface area (TPSA) is 126 Å². The summed E-state index contributed by atoms with van der Waals surface area (Å²) in [7, 11) is -2.36. The summed E-state index contributed by atoms with van der Waals surface area (Å²) in [6, 6.07) is 1.04. The van der Waals surface area contributed by atoms with Crippen molar-refractivity contribution in [2.24, 2.45) is 7.05 Å². The molecule has 3 N–H and O–H groups in total. The Kier molecular flexibility index (Phi) is 4.28. The van der Waals surface area contributed by atoms with Gasteiger partial charge in [0.15, 0.2) is 0 Å². The van der Waals surface area contributed by atoms with Gasteiger partial charge in [0.25, 0.3) is 5.56 Å². The number of fused-ring (bicyclic) bond motifs is 1. The molecule has 2 aromatic rings. The first-order chi connectivity index (χ1) is 11.3. The van der Waals surface area contributed by atoms with Crippen molar-refractivity contribution < 1.29 is 8.42 Å². The van der Waals surface area contributed by atoms with E-state index >= 15 is 0 Å². The molecule has 1 aliphatic heterocycles. The van der Waals surface area contributed by atoms with Gasteiger partial charge in [-0.1, -0.05) is 0 Å². The molecule has 2 unspecified atom stereocenters. The van der Waals surface area contributed by atoms with Gasteiger partial charge in [0.2, 0.25) is 10.0 Å². The molecule has 0 radical (unpaired) electrons. The van der Waals surface area contributed by atoms with Gasteiger partial charge in [-0.25, -0.2) is 22.9 Å². The number of nitrogens with one attached hydrogen (secondary N) is 3. The Morgan fingerprint density at radius 2 is 2.12 bits per heavy atom. The van der Waals surface area contributed by atoms with Gasteiger partial charge in [0.1, 0.15) is 10.5 Å². The van der Waals surface area contributed by atoms with Crippen LogP contribution in [0.15, 0.2) is 26.7 Å². The van der Waals surface area contributed by atoms with Crippen LogP contribution >= 0.6 is 0 Å². The van der Waals surface area contributed by atoms with Crippen molar-refractivity contribution in [3.8, 4) is 0 Å². The van der Waals surface area contributed by atoms with Crippen LogP contribution in [0.5, 0.6) is 0 Å². The number of sulfonamides is 1. The van der Waals surface area contributed by atoms with E-state index in [0.717, 1.165) is 30.2 Å². The zero-order valence-electron chi connectivity index (χ0n) is 13.4. The van der Waals surface area contributed by atoms with E-state index < -0.39 is 21.3 Å². The Labute approximate surface area is 138 Å². The molecule has 1 saturated heterocycles. The number of hydrogen-bond acceptors (Lipinski definition) is 6. The van der Waals surface area contributed by atoms with E-state index in [1.807, 2.05) is 6.92 Å². The minimum atomic E-state index is -3.82. The van der Waals surface area contributed by atoms with Gasteiger partial charge >= 0.3 is 5.69 Å². The first kappa shape index (κ1) is 16.8. The monoisotopic (exact) mass is 353 g/mol. The van der Waals surface area contributed by atoms with Crippen LogP contribution < -0.4 is 21.3 Å². The minimum Gasteiger partial charge on any atom is -0.313 e. The van der Waals surface area contributed by atoms with Gasteiger partial charge in [-0.2, -0.15) is 0 Å². The van der Waals surface area contributed by atoms with Crippen molar-refractivity contribution in [3.05, 3.63) is 33.1 Å². The summed E-state index contributed by atoms with van der Waals surface area (Å²) < 4.78 is 29.0. The number of pyridine rings is 1. The molecule has 0 saturated carbocycles. The summed E-state index contributed by atoms with van der Waals surface area (Å²) in [4.78, 5) is 29.5. The molecule has 0 aliphatic carbocycles. The standard InChI is InChI=1S/C14H19N5O4S/c1-8-11(4-3-5-15-8)18-24(22,23)9-6-10-12(16-7-9)19(2)14(21)17-13(10)20/h6-8,11,15,18H,3-5H2,1-2H3,(H,17,20,21). The van der Waals surface area contributed by atoms with Crippen LogP contribution in [0.3, 0.4) is 0 Å². The van der Waals surface area contributed by atoms with Crippen molar-refractivity contribution >= 4 is 21.1 Å². The molecule has 0 aromatic carbocycles. The number of aryl methyl sites for hydroxylation is 1. The van der Waals surface area contributed by atoms with Gasteiger partial charge < -0.3 is 5.32 Å². The average Bonchev–Trinajstić information content (AvgIpc) is 2.54. The highest BCUT2D eigenvalue weighted by atomic mass is 32.2. The lowest BCUT2D eigenvalue weighted by Gasteiger charge is -2.30. The molecule has 0 spiro atoms. The average molecular weight is 353 g/mol. The smallest absolute Gasteiger partial charge is 0.313 e. The van der Waals surface area contributed by atoms with Crippen LogP contribution in [-0.2, 0) is 17.1 Å². The lowest BCUT2D eigenvalue weighted by atomic mass is 10.0. The van der Waals surface area contributed by atoms with Crippen molar-refractivity contribution in [3.63, 3.8) is 0 Å². The van der Waals surface area contributed by atoms with Crippen molar-refractivity contribution in [2.45, 2.75) is 36.7 Å². The fraction of sp³-hybridized carbons (Fsp3) is 0.500. The molecule has 3 rings (SSSR count). The van der Waals surface area contributed by atoms with Crippen LogP contribution in [0.1, 0.15) is 19.8 Å². The molecule has 1 aliphatic rings. The molecule has 3 heterocycles. The highest BCUT2D eigenvalue weighted by molar-refractivity contribution is 7.89. The van der Waals surface area contributed by atoms with Gasteiger partial charge in [-0.05, 0) is 32.4 Å². The van der Waals surface area contributed by atoms with Crippen LogP contribution in [0, 0.1) is 0 Å². The summed E-state index contributed by atoms with van der Waals surface area (Å²) in [5, 5.41) is 3.27. The maximum absolute atomic E-state index is 12.6. The summed E-state index contributed by atoms with van der Waals surface area (Å²) in [5.74, 6) is 0. The normalized spacial score (nSPS) is 21.9. The van der Waals surface area contributed by atoms with Crippen LogP contribution in [0.2, 0.25) is 0 Å². The second kappa shape index (κ2) is 6.11. The molecule has 10 heteroatoms. The van der Waals surface area contributed by atoms with E-state index in [1.54, 1.807) is 0 Å². The fourth-order valence-electron chi connectivity index (χ4n) is 2.84. The van der Waals surface area contributed by atoms with Gasteiger partial charge in [-0.15, -0.1) is 0 Å². The number of nitrogens with zero attached hydrogens (tertiary/aromatic N) is 2. The third kappa shape index (κ3) is 2.99. The van der Waals surface area contributed by atoms with E-state index in [0.29, 0.717) is 0 Å². The number of rotatable bonds is 3. The second-order valence-electron chi connectivity index (χ2n) is 5.97. The Morgan fingerprint density at radius 3 is 2.83 bits per heavy atom. The van der Waals surface area contributed by atoms with E-state index in [2.05, 4.69) is 20.0 Å². The Bertz CT molecular complexity index is 994. The predicted octanol–water partition coefficient (Wildman–Crippen LogP) is -0.959. The van der Waals surface area contributed by atoms with Crippen LogP contribution in [-0.4, -0.2) is 41.6 Å². The highest BCUT2D eigenvalue weighted by Crippen LogP contribution is 2.16. The predicted molar refractivity (Wildman–Crippen MR) is 88.4 cm³/mol.